The van der Waals surface area contributed by atoms with E-state index in [9.17, 15) is 4.79 Å². The summed E-state index contributed by atoms with van der Waals surface area (Å²) < 4.78 is 5.17. The summed E-state index contributed by atoms with van der Waals surface area (Å²) in [6.45, 7) is 1.85. The average Bonchev–Trinajstić information content (AvgIpc) is 2.86. The Labute approximate surface area is 121 Å². The van der Waals surface area contributed by atoms with Crippen molar-refractivity contribution in [1.29, 1.82) is 0 Å². The Balaban J connectivity index is 2.06. The maximum atomic E-state index is 10.6. The molecular weight excluding hydrogens is 276 g/mol. The summed E-state index contributed by atoms with van der Waals surface area (Å²) in [5.41, 5.74) is 0.892. The standard InChI is InChI=1S/C14H16N2O3S/c1-9(8-13(17)18)7-12-15-14(16-19-12)10-3-5-11(20-2)6-4-10/h3-6,9H,7-8H2,1-2H3,(H,17,18). The summed E-state index contributed by atoms with van der Waals surface area (Å²) in [7, 11) is 0. The Kier molecular flexibility index (Phi) is 4.79. The molecule has 106 valence electrons. The average molecular weight is 292 g/mol. The number of nitrogens with zero attached hydrogens (tertiary/aromatic N) is 2. The molecule has 1 N–H and O–H groups in total. The number of carboxylic acid groups (broad SMARTS) is 1. The highest BCUT2D eigenvalue weighted by molar-refractivity contribution is 7.98. The van der Waals surface area contributed by atoms with Crippen LogP contribution in [-0.4, -0.2) is 27.5 Å². The van der Waals surface area contributed by atoms with Gasteiger partial charge in [0, 0.05) is 23.3 Å². The monoisotopic (exact) mass is 292 g/mol. The SMILES string of the molecule is CSc1ccc(-c2noc(CC(C)CC(=O)O)n2)cc1. The van der Waals surface area contributed by atoms with E-state index < -0.39 is 5.97 Å². The predicted molar refractivity (Wildman–Crippen MR) is 76.6 cm³/mol. The molecule has 6 heteroatoms. The van der Waals surface area contributed by atoms with Gasteiger partial charge in [-0.25, -0.2) is 0 Å². The van der Waals surface area contributed by atoms with Gasteiger partial charge >= 0.3 is 5.97 Å². The van der Waals surface area contributed by atoms with E-state index in [1.807, 2.05) is 37.4 Å². The molecule has 0 aliphatic rings. The van der Waals surface area contributed by atoms with Gasteiger partial charge in [0.25, 0.3) is 0 Å². The number of thioether (sulfide) groups is 1. The van der Waals surface area contributed by atoms with Crippen LogP contribution in [0.2, 0.25) is 0 Å². The molecule has 1 atom stereocenters. The third-order valence-electron chi connectivity index (χ3n) is 2.86. The second-order valence-corrected chi connectivity index (χ2v) is 5.53. The highest BCUT2D eigenvalue weighted by atomic mass is 32.2. The van der Waals surface area contributed by atoms with E-state index in [2.05, 4.69) is 10.1 Å². The molecule has 0 bridgehead atoms. The van der Waals surface area contributed by atoms with Crippen molar-refractivity contribution in [2.24, 2.45) is 5.92 Å². The molecule has 1 aromatic carbocycles. The van der Waals surface area contributed by atoms with Gasteiger partial charge in [-0.1, -0.05) is 12.1 Å². The molecule has 0 aliphatic carbocycles. The molecule has 0 spiro atoms. The first kappa shape index (κ1) is 14.6. The van der Waals surface area contributed by atoms with Crippen LogP contribution in [0.5, 0.6) is 0 Å². The van der Waals surface area contributed by atoms with Crippen LogP contribution in [0.3, 0.4) is 0 Å². The van der Waals surface area contributed by atoms with Gasteiger partial charge in [-0.05, 0) is 36.4 Å². The molecule has 1 heterocycles. The van der Waals surface area contributed by atoms with E-state index in [0.717, 1.165) is 5.56 Å². The number of aromatic nitrogens is 2. The molecule has 0 fully saturated rings. The Morgan fingerprint density at radius 1 is 1.40 bits per heavy atom. The van der Waals surface area contributed by atoms with Crippen molar-refractivity contribution < 1.29 is 14.4 Å². The van der Waals surface area contributed by atoms with Crippen molar-refractivity contribution in [3.05, 3.63) is 30.2 Å². The zero-order valence-electron chi connectivity index (χ0n) is 11.4. The molecule has 5 nitrogen and oxygen atoms in total. The van der Waals surface area contributed by atoms with Crippen LogP contribution in [0.4, 0.5) is 0 Å². The van der Waals surface area contributed by atoms with Gasteiger partial charge in [0.05, 0.1) is 0 Å². The number of aliphatic carboxylic acids is 1. The van der Waals surface area contributed by atoms with Crippen molar-refractivity contribution in [2.45, 2.75) is 24.7 Å². The Morgan fingerprint density at radius 3 is 2.70 bits per heavy atom. The molecule has 0 amide bonds. The summed E-state index contributed by atoms with van der Waals surface area (Å²) >= 11 is 1.67. The highest BCUT2D eigenvalue weighted by Gasteiger charge is 2.14. The first-order valence-electron chi connectivity index (χ1n) is 6.27. The fourth-order valence-corrected chi connectivity index (χ4v) is 2.27. The van der Waals surface area contributed by atoms with Gasteiger partial charge < -0.3 is 9.63 Å². The lowest BCUT2D eigenvalue weighted by Gasteiger charge is -2.03. The van der Waals surface area contributed by atoms with Crippen molar-refractivity contribution >= 4 is 17.7 Å². The maximum Gasteiger partial charge on any atom is 0.303 e. The van der Waals surface area contributed by atoms with Crippen LogP contribution in [0, 0.1) is 5.92 Å². The molecule has 0 saturated carbocycles. The lowest BCUT2D eigenvalue weighted by molar-refractivity contribution is -0.137. The fraction of sp³-hybridized carbons (Fsp3) is 0.357. The normalized spacial score (nSPS) is 12.3. The number of hydrogen-bond donors (Lipinski definition) is 1. The molecule has 0 radical (unpaired) electrons. The quantitative estimate of drug-likeness (QED) is 0.824. The minimum Gasteiger partial charge on any atom is -0.481 e. The van der Waals surface area contributed by atoms with E-state index >= 15 is 0 Å². The van der Waals surface area contributed by atoms with Crippen LogP contribution < -0.4 is 0 Å². The van der Waals surface area contributed by atoms with Crippen molar-refractivity contribution in [1.82, 2.24) is 10.1 Å². The molecule has 1 aromatic heterocycles. The molecule has 2 aromatic rings. The van der Waals surface area contributed by atoms with Crippen molar-refractivity contribution in [3.63, 3.8) is 0 Å². The van der Waals surface area contributed by atoms with Gasteiger partial charge in [-0.2, -0.15) is 4.98 Å². The first-order chi connectivity index (χ1) is 9.58. The molecule has 2 rings (SSSR count). The number of carboxylic acids is 1. The van der Waals surface area contributed by atoms with Crippen LogP contribution in [0.1, 0.15) is 19.2 Å². The number of benzene rings is 1. The van der Waals surface area contributed by atoms with Gasteiger partial charge in [0.15, 0.2) is 0 Å². The lowest BCUT2D eigenvalue weighted by Crippen LogP contribution is -2.07. The number of carbonyl (C=O) groups is 1. The minimum absolute atomic E-state index is 0.0281. The zero-order valence-corrected chi connectivity index (χ0v) is 12.2. The largest absolute Gasteiger partial charge is 0.481 e. The van der Waals surface area contributed by atoms with E-state index in [4.69, 9.17) is 9.63 Å². The lowest BCUT2D eigenvalue weighted by atomic mass is 10.0. The van der Waals surface area contributed by atoms with Crippen LogP contribution in [0.15, 0.2) is 33.7 Å². The van der Waals surface area contributed by atoms with Crippen LogP contribution in [0.25, 0.3) is 11.4 Å². The van der Waals surface area contributed by atoms with E-state index in [1.165, 1.54) is 4.90 Å². The summed E-state index contributed by atoms with van der Waals surface area (Å²) in [6.07, 6.45) is 2.59. The Morgan fingerprint density at radius 2 is 2.10 bits per heavy atom. The van der Waals surface area contributed by atoms with Crippen molar-refractivity contribution in [2.75, 3.05) is 6.26 Å². The zero-order chi connectivity index (χ0) is 14.5. The summed E-state index contributed by atoms with van der Waals surface area (Å²) in [6, 6.07) is 7.90. The van der Waals surface area contributed by atoms with Gasteiger partial charge in [0.2, 0.25) is 11.7 Å². The van der Waals surface area contributed by atoms with E-state index in [0.29, 0.717) is 18.1 Å². The Hall–Kier alpha value is -1.82. The third kappa shape index (κ3) is 3.84. The Bertz CT molecular complexity index is 580. The smallest absolute Gasteiger partial charge is 0.303 e. The fourth-order valence-electron chi connectivity index (χ4n) is 1.86. The second kappa shape index (κ2) is 6.56. The first-order valence-corrected chi connectivity index (χ1v) is 7.49. The molecule has 20 heavy (non-hydrogen) atoms. The minimum atomic E-state index is -0.815. The number of rotatable bonds is 6. The van der Waals surface area contributed by atoms with Crippen molar-refractivity contribution in [3.8, 4) is 11.4 Å². The van der Waals surface area contributed by atoms with E-state index in [-0.39, 0.29) is 12.3 Å². The third-order valence-corrected chi connectivity index (χ3v) is 3.61. The highest BCUT2D eigenvalue weighted by Crippen LogP contribution is 2.21. The summed E-state index contributed by atoms with van der Waals surface area (Å²) in [5.74, 6) is 0.169. The number of hydrogen-bond acceptors (Lipinski definition) is 5. The summed E-state index contributed by atoms with van der Waals surface area (Å²) in [5, 5.41) is 12.7. The van der Waals surface area contributed by atoms with Gasteiger partial charge in [-0.15, -0.1) is 11.8 Å². The van der Waals surface area contributed by atoms with Gasteiger partial charge in [-0.3, -0.25) is 4.79 Å². The second-order valence-electron chi connectivity index (χ2n) is 4.65. The van der Waals surface area contributed by atoms with Crippen LogP contribution >= 0.6 is 11.8 Å². The molecule has 0 aliphatic heterocycles. The summed E-state index contributed by atoms with van der Waals surface area (Å²) in [4.78, 5) is 16.1. The topological polar surface area (TPSA) is 76.2 Å². The van der Waals surface area contributed by atoms with Gasteiger partial charge in [0.1, 0.15) is 0 Å². The maximum absolute atomic E-state index is 10.6. The molecular formula is C14H16N2O3S. The molecule has 0 saturated heterocycles. The van der Waals surface area contributed by atoms with E-state index in [1.54, 1.807) is 11.8 Å². The molecule has 1 unspecified atom stereocenters. The van der Waals surface area contributed by atoms with Crippen LogP contribution in [-0.2, 0) is 11.2 Å². The predicted octanol–water partition coefficient (Wildman–Crippen LogP) is 3.11.